The lowest BCUT2D eigenvalue weighted by Crippen LogP contribution is -2.34. The number of anilines is 1. The van der Waals surface area contributed by atoms with Crippen molar-refractivity contribution in [2.24, 2.45) is 0 Å². The van der Waals surface area contributed by atoms with Crippen LogP contribution in [0, 0.1) is 6.92 Å². The highest BCUT2D eigenvalue weighted by Gasteiger charge is 2.12. The van der Waals surface area contributed by atoms with E-state index in [2.05, 4.69) is 17.6 Å². The van der Waals surface area contributed by atoms with E-state index in [1.165, 1.54) is 0 Å². The van der Waals surface area contributed by atoms with Crippen molar-refractivity contribution in [1.29, 1.82) is 0 Å². The third kappa shape index (κ3) is 4.60. The van der Waals surface area contributed by atoms with Crippen LogP contribution in [0.15, 0.2) is 82.0 Å². The van der Waals surface area contributed by atoms with Crippen LogP contribution in [0.2, 0.25) is 0 Å². The number of fused-ring (bicyclic) bond motifs is 1. The predicted molar refractivity (Wildman–Crippen MR) is 132 cm³/mol. The quantitative estimate of drug-likeness (QED) is 0.324. The van der Waals surface area contributed by atoms with Crippen LogP contribution >= 0.6 is 12.2 Å². The van der Waals surface area contributed by atoms with E-state index < -0.39 is 5.63 Å². The van der Waals surface area contributed by atoms with Crippen molar-refractivity contribution in [3.8, 4) is 11.1 Å². The maximum atomic E-state index is 12.5. The summed E-state index contributed by atoms with van der Waals surface area (Å²) in [5.74, 6) is -0.283. The number of amides is 1. The number of hydrogen-bond acceptors (Lipinski definition) is 4. The molecular formula is C26H22N2O3S. The molecule has 0 fully saturated rings. The Morgan fingerprint density at radius 1 is 1.00 bits per heavy atom. The number of carbonyl (C=O) groups is 1. The molecule has 160 valence electrons. The van der Waals surface area contributed by atoms with Crippen LogP contribution in [-0.2, 0) is 6.42 Å². The van der Waals surface area contributed by atoms with E-state index in [-0.39, 0.29) is 11.0 Å². The number of hydrogen-bond donors (Lipinski definition) is 2. The van der Waals surface area contributed by atoms with Crippen molar-refractivity contribution in [2.45, 2.75) is 20.3 Å². The second-order valence-electron chi connectivity index (χ2n) is 7.47. The van der Waals surface area contributed by atoms with Gasteiger partial charge in [0.15, 0.2) is 5.11 Å². The molecule has 0 bridgehead atoms. The standard InChI is InChI=1S/C26H22N2O3S/c1-3-17-9-12-18(13-10-17)24(29)28-26(32)27-22-15-19(11-8-16(22)2)21-14-20-6-4-5-7-23(20)31-25(21)30/h4-15H,3H2,1-2H3,(H2,27,28,29,32). The van der Waals surface area contributed by atoms with Gasteiger partial charge in [-0.1, -0.05) is 49.4 Å². The Morgan fingerprint density at radius 3 is 2.50 bits per heavy atom. The molecule has 1 amide bonds. The summed E-state index contributed by atoms with van der Waals surface area (Å²) in [6, 6.07) is 22.2. The smallest absolute Gasteiger partial charge is 0.344 e. The van der Waals surface area contributed by atoms with Gasteiger partial charge in [0.1, 0.15) is 5.58 Å². The van der Waals surface area contributed by atoms with Gasteiger partial charge in [-0.2, -0.15) is 0 Å². The Morgan fingerprint density at radius 2 is 1.75 bits per heavy atom. The highest BCUT2D eigenvalue weighted by Crippen LogP contribution is 2.26. The van der Waals surface area contributed by atoms with Crippen LogP contribution in [0.1, 0.15) is 28.4 Å². The van der Waals surface area contributed by atoms with Crippen molar-refractivity contribution in [3.05, 3.63) is 99.9 Å². The van der Waals surface area contributed by atoms with Gasteiger partial charge in [0.05, 0.1) is 5.56 Å². The number of para-hydroxylation sites is 1. The highest BCUT2D eigenvalue weighted by molar-refractivity contribution is 7.80. The minimum absolute atomic E-state index is 0.181. The first kappa shape index (κ1) is 21.5. The Balaban J connectivity index is 1.55. The zero-order chi connectivity index (χ0) is 22.7. The van der Waals surface area contributed by atoms with E-state index in [1.54, 1.807) is 18.2 Å². The van der Waals surface area contributed by atoms with E-state index in [1.807, 2.05) is 61.5 Å². The number of thiocarbonyl (C=S) groups is 1. The molecule has 0 atom stereocenters. The summed E-state index contributed by atoms with van der Waals surface area (Å²) in [5.41, 5.74) is 4.59. The SMILES string of the molecule is CCc1ccc(C(=O)NC(=S)Nc2cc(-c3cc4ccccc4oc3=O)ccc2C)cc1. The van der Waals surface area contributed by atoms with Gasteiger partial charge in [-0.3, -0.25) is 10.1 Å². The third-order valence-corrected chi connectivity index (χ3v) is 5.49. The highest BCUT2D eigenvalue weighted by atomic mass is 32.1. The molecule has 4 rings (SSSR count). The second kappa shape index (κ2) is 9.16. The molecule has 1 heterocycles. The summed E-state index contributed by atoms with van der Waals surface area (Å²) < 4.78 is 5.46. The fraction of sp³-hybridized carbons (Fsp3) is 0.115. The van der Waals surface area contributed by atoms with Crippen molar-refractivity contribution in [2.75, 3.05) is 5.32 Å². The maximum Gasteiger partial charge on any atom is 0.344 e. The number of aryl methyl sites for hydroxylation is 2. The van der Waals surface area contributed by atoms with Crippen molar-refractivity contribution < 1.29 is 9.21 Å². The molecule has 0 radical (unpaired) electrons. The normalized spacial score (nSPS) is 10.7. The first-order valence-electron chi connectivity index (χ1n) is 10.3. The molecule has 1 aromatic heterocycles. The maximum absolute atomic E-state index is 12.5. The largest absolute Gasteiger partial charge is 0.422 e. The van der Waals surface area contributed by atoms with Crippen LogP contribution in [0.4, 0.5) is 5.69 Å². The second-order valence-corrected chi connectivity index (χ2v) is 7.88. The first-order chi connectivity index (χ1) is 15.4. The molecule has 6 heteroatoms. The molecule has 0 spiro atoms. The van der Waals surface area contributed by atoms with Gasteiger partial charge in [0, 0.05) is 16.6 Å². The number of nitrogens with one attached hydrogen (secondary N) is 2. The summed E-state index contributed by atoms with van der Waals surface area (Å²) in [6.07, 6.45) is 0.910. The molecule has 0 aliphatic carbocycles. The third-order valence-electron chi connectivity index (χ3n) is 5.29. The fourth-order valence-electron chi connectivity index (χ4n) is 3.41. The molecule has 0 aliphatic rings. The van der Waals surface area contributed by atoms with Crippen molar-refractivity contribution in [3.63, 3.8) is 0 Å². The molecule has 3 aromatic carbocycles. The van der Waals surface area contributed by atoms with Gasteiger partial charge in [0.25, 0.3) is 5.91 Å². The zero-order valence-corrected chi connectivity index (χ0v) is 18.6. The molecule has 32 heavy (non-hydrogen) atoms. The molecule has 0 saturated carbocycles. The summed E-state index contributed by atoms with van der Waals surface area (Å²) in [7, 11) is 0. The number of rotatable bonds is 4. The summed E-state index contributed by atoms with van der Waals surface area (Å²) in [5, 5.41) is 6.80. The van der Waals surface area contributed by atoms with E-state index in [0.717, 1.165) is 22.9 Å². The molecule has 0 saturated heterocycles. The van der Waals surface area contributed by atoms with Gasteiger partial charge >= 0.3 is 5.63 Å². The predicted octanol–water partition coefficient (Wildman–Crippen LogP) is 5.46. The molecule has 0 aliphatic heterocycles. The zero-order valence-electron chi connectivity index (χ0n) is 17.8. The lowest BCUT2D eigenvalue weighted by atomic mass is 10.0. The average molecular weight is 443 g/mol. The summed E-state index contributed by atoms with van der Waals surface area (Å²) in [6.45, 7) is 3.98. The van der Waals surface area contributed by atoms with Crippen molar-refractivity contribution >= 4 is 39.9 Å². The van der Waals surface area contributed by atoms with Gasteiger partial charge in [0.2, 0.25) is 0 Å². The average Bonchev–Trinajstić information content (AvgIpc) is 2.80. The van der Waals surface area contributed by atoms with Crippen LogP contribution in [0.5, 0.6) is 0 Å². The molecule has 2 N–H and O–H groups in total. The Labute approximate surface area is 191 Å². The first-order valence-corrected chi connectivity index (χ1v) is 10.7. The van der Waals surface area contributed by atoms with E-state index in [4.69, 9.17) is 16.6 Å². The summed E-state index contributed by atoms with van der Waals surface area (Å²) >= 11 is 5.35. The Hall–Kier alpha value is -3.77. The fourth-order valence-corrected chi connectivity index (χ4v) is 3.61. The lowest BCUT2D eigenvalue weighted by molar-refractivity contribution is 0.0977. The van der Waals surface area contributed by atoms with Gasteiger partial charge in [-0.15, -0.1) is 0 Å². The monoisotopic (exact) mass is 442 g/mol. The Bertz CT molecular complexity index is 1370. The van der Waals surface area contributed by atoms with E-state index >= 15 is 0 Å². The minimum atomic E-state index is -0.412. The van der Waals surface area contributed by atoms with Crippen LogP contribution in [0.25, 0.3) is 22.1 Å². The molecule has 0 unspecified atom stereocenters. The van der Waals surface area contributed by atoms with Crippen LogP contribution in [0.3, 0.4) is 0 Å². The van der Waals surface area contributed by atoms with E-state index in [0.29, 0.717) is 28.0 Å². The Kier molecular flexibility index (Phi) is 6.14. The molecule has 5 nitrogen and oxygen atoms in total. The minimum Gasteiger partial charge on any atom is -0.422 e. The summed E-state index contributed by atoms with van der Waals surface area (Å²) in [4.78, 5) is 25.0. The topological polar surface area (TPSA) is 71.3 Å². The van der Waals surface area contributed by atoms with Crippen LogP contribution in [-0.4, -0.2) is 11.0 Å². The van der Waals surface area contributed by atoms with Crippen LogP contribution < -0.4 is 16.3 Å². The molecular weight excluding hydrogens is 420 g/mol. The van der Waals surface area contributed by atoms with Gasteiger partial charge < -0.3 is 9.73 Å². The van der Waals surface area contributed by atoms with E-state index in [9.17, 15) is 9.59 Å². The molecule has 4 aromatic rings. The van der Waals surface area contributed by atoms with Gasteiger partial charge in [-0.25, -0.2) is 4.79 Å². The number of carbonyl (C=O) groups excluding carboxylic acids is 1. The van der Waals surface area contributed by atoms with Gasteiger partial charge in [-0.05, 0) is 72.6 Å². The number of benzene rings is 3. The van der Waals surface area contributed by atoms with Crippen molar-refractivity contribution in [1.82, 2.24) is 5.32 Å². The lowest BCUT2D eigenvalue weighted by Gasteiger charge is -2.13.